The number of ether oxygens (including phenoxy) is 2. The summed E-state index contributed by atoms with van der Waals surface area (Å²) < 4.78 is 34.4. The second-order valence-electron chi connectivity index (χ2n) is 3.82. The SMILES string of the molecule is N#Cc1nccnc1Nc1ccc2c(c1)OC(F)(F)O2. The summed E-state index contributed by atoms with van der Waals surface area (Å²) in [7, 11) is 0. The summed E-state index contributed by atoms with van der Waals surface area (Å²) in [6.45, 7) is 0. The Bertz CT molecular complexity index is 715. The molecule has 0 amide bonds. The molecular weight excluding hydrogens is 270 g/mol. The fourth-order valence-corrected chi connectivity index (χ4v) is 1.67. The Morgan fingerprint density at radius 2 is 1.90 bits per heavy atom. The van der Waals surface area contributed by atoms with Crippen LogP contribution in [-0.4, -0.2) is 16.3 Å². The summed E-state index contributed by atoms with van der Waals surface area (Å²) in [6.07, 6.45) is -0.875. The van der Waals surface area contributed by atoms with E-state index in [0.717, 1.165) is 0 Å². The highest BCUT2D eigenvalue weighted by molar-refractivity contribution is 5.64. The van der Waals surface area contributed by atoms with Gasteiger partial charge in [0.2, 0.25) is 0 Å². The number of anilines is 2. The molecule has 6 nitrogen and oxygen atoms in total. The average Bonchev–Trinajstić information content (AvgIpc) is 2.72. The van der Waals surface area contributed by atoms with Crippen molar-refractivity contribution in [2.75, 3.05) is 5.32 Å². The van der Waals surface area contributed by atoms with Gasteiger partial charge in [-0.1, -0.05) is 0 Å². The Balaban J connectivity index is 1.89. The minimum Gasteiger partial charge on any atom is -0.395 e. The van der Waals surface area contributed by atoms with E-state index in [1.165, 1.54) is 30.6 Å². The Hall–Kier alpha value is -2.95. The Morgan fingerprint density at radius 3 is 2.70 bits per heavy atom. The van der Waals surface area contributed by atoms with Crippen molar-refractivity contribution in [3.63, 3.8) is 0 Å². The van der Waals surface area contributed by atoms with Crippen molar-refractivity contribution in [2.45, 2.75) is 6.29 Å². The zero-order valence-electron chi connectivity index (χ0n) is 9.80. The quantitative estimate of drug-likeness (QED) is 0.907. The van der Waals surface area contributed by atoms with Gasteiger partial charge in [-0.15, -0.1) is 8.78 Å². The number of aromatic nitrogens is 2. The molecule has 2 heterocycles. The number of fused-ring (bicyclic) bond motifs is 1. The first-order valence-corrected chi connectivity index (χ1v) is 5.45. The van der Waals surface area contributed by atoms with E-state index in [2.05, 4.69) is 24.8 Å². The normalized spacial score (nSPS) is 14.7. The number of benzene rings is 1. The molecule has 1 N–H and O–H groups in total. The van der Waals surface area contributed by atoms with Crippen molar-refractivity contribution in [1.82, 2.24) is 9.97 Å². The summed E-state index contributed by atoms with van der Waals surface area (Å²) in [5, 5.41) is 11.7. The Morgan fingerprint density at radius 1 is 1.15 bits per heavy atom. The fraction of sp³-hybridized carbons (Fsp3) is 0.0833. The van der Waals surface area contributed by atoms with E-state index in [-0.39, 0.29) is 23.0 Å². The Kier molecular flexibility index (Phi) is 2.61. The zero-order chi connectivity index (χ0) is 14.2. The van der Waals surface area contributed by atoms with Gasteiger partial charge in [0.1, 0.15) is 6.07 Å². The average molecular weight is 276 g/mol. The van der Waals surface area contributed by atoms with Crippen molar-refractivity contribution < 1.29 is 18.3 Å². The molecule has 0 unspecified atom stereocenters. The number of hydrogen-bond acceptors (Lipinski definition) is 6. The van der Waals surface area contributed by atoms with E-state index in [9.17, 15) is 8.78 Å². The van der Waals surface area contributed by atoms with Crippen LogP contribution in [0.4, 0.5) is 20.3 Å². The lowest BCUT2D eigenvalue weighted by Crippen LogP contribution is -2.25. The summed E-state index contributed by atoms with van der Waals surface area (Å²) in [4.78, 5) is 7.78. The van der Waals surface area contributed by atoms with Crippen molar-refractivity contribution in [1.29, 1.82) is 5.26 Å². The molecule has 0 radical (unpaired) electrons. The summed E-state index contributed by atoms with van der Waals surface area (Å²) >= 11 is 0. The van der Waals surface area contributed by atoms with Crippen LogP contribution in [0, 0.1) is 11.3 Å². The molecule has 2 aromatic rings. The van der Waals surface area contributed by atoms with Crippen LogP contribution in [0.1, 0.15) is 5.69 Å². The molecule has 3 rings (SSSR count). The van der Waals surface area contributed by atoms with Gasteiger partial charge >= 0.3 is 6.29 Å². The molecule has 1 aliphatic rings. The smallest absolute Gasteiger partial charge is 0.395 e. The van der Waals surface area contributed by atoms with Crippen LogP contribution in [-0.2, 0) is 0 Å². The molecule has 1 aliphatic heterocycles. The third kappa shape index (κ3) is 2.16. The largest absolute Gasteiger partial charge is 0.586 e. The molecule has 0 aliphatic carbocycles. The first-order chi connectivity index (χ1) is 9.57. The number of alkyl halides is 2. The molecule has 0 fully saturated rings. The van der Waals surface area contributed by atoms with Gasteiger partial charge in [0.25, 0.3) is 0 Å². The maximum absolute atomic E-state index is 12.9. The van der Waals surface area contributed by atoms with E-state index in [4.69, 9.17) is 5.26 Å². The molecular formula is C12H6F2N4O2. The minimum absolute atomic E-state index is 0.0554. The van der Waals surface area contributed by atoms with Crippen LogP contribution in [0.5, 0.6) is 11.5 Å². The van der Waals surface area contributed by atoms with Gasteiger partial charge in [0.05, 0.1) is 0 Å². The highest BCUT2D eigenvalue weighted by atomic mass is 19.3. The Labute approximate surface area is 111 Å². The fourth-order valence-electron chi connectivity index (χ4n) is 1.67. The van der Waals surface area contributed by atoms with Gasteiger partial charge in [0, 0.05) is 24.1 Å². The van der Waals surface area contributed by atoms with E-state index in [0.29, 0.717) is 5.69 Å². The summed E-state index contributed by atoms with van der Waals surface area (Å²) in [6, 6.07) is 6.03. The van der Waals surface area contributed by atoms with Crippen LogP contribution in [0.25, 0.3) is 0 Å². The highest BCUT2D eigenvalue weighted by Crippen LogP contribution is 2.42. The van der Waals surface area contributed by atoms with Crippen molar-refractivity contribution >= 4 is 11.5 Å². The van der Waals surface area contributed by atoms with E-state index >= 15 is 0 Å². The molecule has 0 saturated carbocycles. The monoisotopic (exact) mass is 276 g/mol. The molecule has 0 bridgehead atoms. The lowest BCUT2D eigenvalue weighted by Gasteiger charge is -2.06. The van der Waals surface area contributed by atoms with Crippen molar-refractivity contribution in [3.05, 3.63) is 36.3 Å². The van der Waals surface area contributed by atoms with Crippen LogP contribution < -0.4 is 14.8 Å². The molecule has 1 aromatic heterocycles. The van der Waals surface area contributed by atoms with E-state index in [1.807, 2.05) is 6.07 Å². The third-order valence-corrected chi connectivity index (χ3v) is 2.47. The summed E-state index contributed by atoms with van der Waals surface area (Å²) in [5.74, 6) is 0.0724. The van der Waals surface area contributed by atoms with E-state index in [1.54, 1.807) is 0 Å². The molecule has 0 spiro atoms. The van der Waals surface area contributed by atoms with Gasteiger partial charge in [-0.2, -0.15) is 5.26 Å². The predicted molar refractivity (Wildman–Crippen MR) is 62.7 cm³/mol. The lowest BCUT2D eigenvalue weighted by atomic mass is 10.2. The van der Waals surface area contributed by atoms with Gasteiger partial charge in [-0.25, -0.2) is 9.97 Å². The second-order valence-corrected chi connectivity index (χ2v) is 3.82. The van der Waals surface area contributed by atoms with Gasteiger partial charge in [-0.3, -0.25) is 0 Å². The van der Waals surface area contributed by atoms with E-state index < -0.39 is 6.29 Å². The predicted octanol–water partition coefficient (Wildman–Crippen LogP) is 2.41. The van der Waals surface area contributed by atoms with Crippen molar-refractivity contribution in [2.24, 2.45) is 0 Å². The highest BCUT2D eigenvalue weighted by Gasteiger charge is 2.43. The molecule has 1 aromatic carbocycles. The molecule has 0 atom stereocenters. The first kappa shape index (κ1) is 12.1. The van der Waals surface area contributed by atoms with Crippen molar-refractivity contribution in [3.8, 4) is 17.6 Å². The molecule has 0 saturated heterocycles. The summed E-state index contributed by atoms with van der Waals surface area (Å²) in [5.41, 5.74) is 0.512. The van der Waals surface area contributed by atoms with Gasteiger partial charge in [-0.05, 0) is 12.1 Å². The number of halogens is 2. The maximum Gasteiger partial charge on any atom is 0.586 e. The topological polar surface area (TPSA) is 80.1 Å². The second kappa shape index (κ2) is 4.31. The van der Waals surface area contributed by atoms with Crippen LogP contribution in [0.2, 0.25) is 0 Å². The molecule has 20 heavy (non-hydrogen) atoms. The van der Waals surface area contributed by atoms with Gasteiger partial charge < -0.3 is 14.8 Å². The minimum atomic E-state index is -3.66. The third-order valence-electron chi connectivity index (χ3n) is 2.47. The lowest BCUT2D eigenvalue weighted by molar-refractivity contribution is -0.286. The standard InChI is InChI=1S/C12H6F2N4O2/c13-12(14)19-9-2-1-7(5-10(9)20-12)18-11-8(6-15)16-3-4-17-11/h1-5H,(H,17,18). The van der Waals surface area contributed by atoms with Crippen LogP contribution in [0.3, 0.4) is 0 Å². The molecule has 8 heteroatoms. The number of rotatable bonds is 2. The van der Waals surface area contributed by atoms with Crippen LogP contribution in [0.15, 0.2) is 30.6 Å². The van der Waals surface area contributed by atoms with Crippen LogP contribution >= 0.6 is 0 Å². The number of nitrogens with zero attached hydrogens (tertiary/aromatic N) is 3. The van der Waals surface area contributed by atoms with Gasteiger partial charge in [0.15, 0.2) is 23.0 Å². The number of nitrogens with one attached hydrogen (secondary N) is 1. The molecule has 100 valence electrons. The first-order valence-electron chi connectivity index (χ1n) is 5.45. The number of nitriles is 1. The zero-order valence-corrected chi connectivity index (χ0v) is 9.80. The maximum atomic E-state index is 12.9. The number of hydrogen-bond donors (Lipinski definition) is 1.